The lowest BCUT2D eigenvalue weighted by Crippen LogP contribution is -2.36. The van der Waals surface area contributed by atoms with Crippen LogP contribution in [-0.2, 0) is 19.4 Å². The Kier molecular flexibility index (Phi) is 5.92. The van der Waals surface area contributed by atoms with Gasteiger partial charge in [-0.15, -0.1) is 11.3 Å². The number of rotatable bonds is 5. The van der Waals surface area contributed by atoms with Gasteiger partial charge in [-0.05, 0) is 42.1 Å². The van der Waals surface area contributed by atoms with Gasteiger partial charge >= 0.3 is 5.69 Å². The molecule has 3 aromatic rings. The first-order chi connectivity index (χ1) is 15.0. The Morgan fingerprint density at radius 1 is 1.25 bits per heavy atom. The van der Waals surface area contributed by atoms with Crippen LogP contribution in [0.5, 0.6) is 5.75 Å². The first-order valence-corrected chi connectivity index (χ1v) is 12.0. The molecular formula is C24H31N3O4S. The van der Waals surface area contributed by atoms with Gasteiger partial charge in [-0.2, -0.15) is 0 Å². The molecule has 8 heteroatoms. The zero-order valence-electron chi connectivity index (χ0n) is 19.3. The predicted molar refractivity (Wildman–Crippen MR) is 128 cm³/mol. The Hall–Kier alpha value is -2.61. The zero-order chi connectivity index (χ0) is 23.2. The number of hydrogen-bond donors (Lipinski definition) is 2. The molecule has 0 bridgehead atoms. The monoisotopic (exact) mass is 457 g/mol. The number of ether oxygens (including phenoxy) is 1. The van der Waals surface area contributed by atoms with Gasteiger partial charge in [0, 0.05) is 22.8 Å². The third-order valence-electron chi connectivity index (χ3n) is 6.25. The van der Waals surface area contributed by atoms with Crippen LogP contribution in [0.2, 0.25) is 0 Å². The maximum atomic E-state index is 13.3. The molecule has 1 aliphatic carbocycles. The van der Waals surface area contributed by atoms with Crippen molar-refractivity contribution in [1.29, 1.82) is 0 Å². The van der Waals surface area contributed by atoms with E-state index in [4.69, 9.17) is 4.74 Å². The number of aromatic amines is 2. The van der Waals surface area contributed by atoms with E-state index in [2.05, 4.69) is 30.7 Å². The summed E-state index contributed by atoms with van der Waals surface area (Å²) < 4.78 is 6.69. The maximum Gasteiger partial charge on any atom is 0.329 e. The van der Waals surface area contributed by atoms with E-state index in [1.165, 1.54) is 33.0 Å². The molecule has 0 saturated carbocycles. The highest BCUT2D eigenvalue weighted by Gasteiger charge is 2.31. The number of aryl methyl sites for hydroxylation is 1. The molecule has 4 rings (SSSR count). The molecule has 0 aliphatic heterocycles. The second-order valence-electron chi connectivity index (χ2n) is 10.2. The average Bonchev–Trinajstić information content (AvgIpc) is 3.07. The van der Waals surface area contributed by atoms with Crippen LogP contribution in [0.4, 0.5) is 0 Å². The summed E-state index contributed by atoms with van der Waals surface area (Å²) in [5.74, 6) is 1.09. The molecule has 0 saturated heterocycles. The summed E-state index contributed by atoms with van der Waals surface area (Å²) in [5, 5.41) is 0.621. The normalized spacial score (nSPS) is 16.5. The molecule has 32 heavy (non-hydrogen) atoms. The van der Waals surface area contributed by atoms with E-state index >= 15 is 0 Å². The number of fused-ring (bicyclic) bond motifs is 3. The van der Waals surface area contributed by atoms with E-state index in [0.717, 1.165) is 24.8 Å². The van der Waals surface area contributed by atoms with Crippen LogP contribution in [0, 0.1) is 17.3 Å². The summed E-state index contributed by atoms with van der Waals surface area (Å²) in [4.78, 5) is 46.2. The maximum absolute atomic E-state index is 13.3. The highest BCUT2D eigenvalue weighted by Crippen LogP contribution is 2.41. The van der Waals surface area contributed by atoms with Crippen molar-refractivity contribution in [3.8, 4) is 5.75 Å². The molecule has 0 spiro atoms. The van der Waals surface area contributed by atoms with Crippen molar-refractivity contribution in [2.45, 2.75) is 60.4 Å². The van der Waals surface area contributed by atoms with Gasteiger partial charge in [0.15, 0.2) is 5.75 Å². The molecule has 2 N–H and O–H groups in total. The Morgan fingerprint density at radius 2 is 2.00 bits per heavy atom. The van der Waals surface area contributed by atoms with Crippen molar-refractivity contribution in [3.63, 3.8) is 0 Å². The third-order valence-corrected chi connectivity index (χ3v) is 7.42. The highest BCUT2D eigenvalue weighted by molar-refractivity contribution is 7.18. The number of nitrogens with zero attached hydrogens (tertiary/aromatic N) is 1. The molecule has 3 aromatic heterocycles. The standard InChI is InChI=1S/C24H31N3O4S/c1-13(2)12-31-18-10-25-15(9-17(18)28)11-27-22(29)20-16-7-6-14(24(3,4)5)8-19(16)32-21(20)26-23(27)30/h9-10,13-14H,6-8,11-12H2,1-5H3,(H,25,28)(H,26,30). The number of H-pyrrole nitrogens is 2. The minimum absolute atomic E-state index is 0.000949. The van der Waals surface area contributed by atoms with Crippen LogP contribution < -0.4 is 21.4 Å². The van der Waals surface area contributed by atoms with Crippen LogP contribution in [0.15, 0.2) is 26.6 Å². The first kappa shape index (κ1) is 22.6. The molecule has 0 fully saturated rings. The van der Waals surface area contributed by atoms with Crippen molar-refractivity contribution in [1.82, 2.24) is 14.5 Å². The fourth-order valence-electron chi connectivity index (χ4n) is 4.31. The number of nitrogens with one attached hydrogen (secondary N) is 2. The summed E-state index contributed by atoms with van der Waals surface area (Å²) in [5.41, 5.74) is 0.734. The minimum Gasteiger partial charge on any atom is -0.488 e. The fraction of sp³-hybridized carbons (Fsp3) is 0.542. The molecule has 1 unspecified atom stereocenters. The van der Waals surface area contributed by atoms with E-state index in [9.17, 15) is 14.4 Å². The van der Waals surface area contributed by atoms with Gasteiger partial charge in [0.2, 0.25) is 5.43 Å². The number of pyridine rings is 1. The first-order valence-electron chi connectivity index (χ1n) is 11.2. The molecule has 3 heterocycles. The minimum atomic E-state index is -0.463. The Morgan fingerprint density at radius 3 is 2.66 bits per heavy atom. The van der Waals surface area contributed by atoms with Crippen molar-refractivity contribution in [2.24, 2.45) is 17.3 Å². The third kappa shape index (κ3) is 4.33. The largest absolute Gasteiger partial charge is 0.488 e. The van der Waals surface area contributed by atoms with E-state index in [1.54, 1.807) is 0 Å². The Labute approximate surface area is 190 Å². The van der Waals surface area contributed by atoms with E-state index in [0.29, 0.717) is 34.4 Å². The lowest BCUT2D eigenvalue weighted by molar-refractivity contribution is 0.218. The van der Waals surface area contributed by atoms with E-state index < -0.39 is 5.69 Å². The van der Waals surface area contributed by atoms with Crippen LogP contribution in [0.1, 0.15) is 57.2 Å². The summed E-state index contributed by atoms with van der Waals surface area (Å²) in [7, 11) is 0. The molecule has 1 atom stereocenters. The average molecular weight is 458 g/mol. The SMILES string of the molecule is CC(C)COc1c[nH]c(Cn2c(=O)[nH]c3sc4c(c3c2=O)CCC(C(C)(C)C)C4)cc1=O. The van der Waals surface area contributed by atoms with Crippen LogP contribution >= 0.6 is 11.3 Å². The Balaban J connectivity index is 1.68. The molecule has 1 aliphatic rings. The summed E-state index contributed by atoms with van der Waals surface area (Å²) in [6.45, 7) is 11.2. The van der Waals surface area contributed by atoms with Gasteiger partial charge in [0.1, 0.15) is 4.83 Å². The summed E-state index contributed by atoms with van der Waals surface area (Å²) in [6.07, 6.45) is 4.31. The van der Waals surface area contributed by atoms with Crippen molar-refractivity contribution >= 4 is 21.6 Å². The summed E-state index contributed by atoms with van der Waals surface area (Å²) >= 11 is 1.53. The second kappa shape index (κ2) is 8.39. The van der Waals surface area contributed by atoms with Crippen LogP contribution in [-0.4, -0.2) is 21.1 Å². The highest BCUT2D eigenvalue weighted by atomic mass is 32.1. The molecular weight excluding hydrogens is 426 g/mol. The molecule has 7 nitrogen and oxygen atoms in total. The predicted octanol–water partition coefficient (Wildman–Crippen LogP) is 3.67. The van der Waals surface area contributed by atoms with Crippen LogP contribution in [0.3, 0.4) is 0 Å². The number of aromatic nitrogens is 3. The van der Waals surface area contributed by atoms with Crippen molar-refractivity contribution < 1.29 is 4.74 Å². The topological polar surface area (TPSA) is 96.9 Å². The van der Waals surface area contributed by atoms with Gasteiger partial charge in [-0.1, -0.05) is 34.6 Å². The van der Waals surface area contributed by atoms with Crippen LogP contribution in [0.25, 0.3) is 10.2 Å². The molecule has 0 aromatic carbocycles. The smallest absolute Gasteiger partial charge is 0.329 e. The lowest BCUT2D eigenvalue weighted by Gasteiger charge is -2.33. The van der Waals surface area contributed by atoms with Crippen molar-refractivity contribution in [2.75, 3.05) is 6.61 Å². The van der Waals surface area contributed by atoms with E-state index in [1.807, 2.05) is 13.8 Å². The fourth-order valence-corrected chi connectivity index (χ4v) is 5.62. The van der Waals surface area contributed by atoms with Gasteiger partial charge < -0.3 is 9.72 Å². The second-order valence-corrected chi connectivity index (χ2v) is 11.3. The van der Waals surface area contributed by atoms with Gasteiger partial charge in [-0.3, -0.25) is 19.1 Å². The number of thiophene rings is 1. The van der Waals surface area contributed by atoms with Gasteiger partial charge in [-0.25, -0.2) is 4.79 Å². The Bertz CT molecular complexity index is 1320. The van der Waals surface area contributed by atoms with Gasteiger partial charge in [0.25, 0.3) is 5.56 Å². The lowest BCUT2D eigenvalue weighted by atomic mass is 9.72. The molecule has 0 amide bonds. The molecule has 0 radical (unpaired) electrons. The van der Waals surface area contributed by atoms with E-state index in [-0.39, 0.29) is 28.7 Å². The molecule has 172 valence electrons. The van der Waals surface area contributed by atoms with Crippen molar-refractivity contribution in [3.05, 3.63) is 59.5 Å². The zero-order valence-corrected chi connectivity index (χ0v) is 20.1. The quantitative estimate of drug-likeness (QED) is 0.611. The summed E-state index contributed by atoms with van der Waals surface area (Å²) in [6, 6.07) is 1.39. The number of hydrogen-bond acceptors (Lipinski definition) is 5. The van der Waals surface area contributed by atoms with Gasteiger partial charge in [0.05, 0.1) is 18.5 Å².